The van der Waals surface area contributed by atoms with Crippen molar-refractivity contribution < 1.29 is 0 Å². The fourth-order valence-corrected chi connectivity index (χ4v) is 3.08. The zero-order valence-electron chi connectivity index (χ0n) is 12.4. The van der Waals surface area contributed by atoms with Crippen molar-refractivity contribution in [3.63, 3.8) is 0 Å². The normalized spacial score (nSPS) is 18.8. The average Bonchev–Trinajstić information content (AvgIpc) is 2.93. The minimum atomic E-state index is 0.568. The van der Waals surface area contributed by atoms with E-state index in [1.807, 2.05) is 0 Å². The highest BCUT2D eigenvalue weighted by molar-refractivity contribution is 7.13. The van der Waals surface area contributed by atoms with E-state index in [1.54, 1.807) is 11.3 Å². The maximum absolute atomic E-state index is 4.75. The predicted octanol–water partition coefficient (Wildman–Crippen LogP) is 2.17. The Bertz CT molecular complexity index is 371. The molecular weight excluding hydrogens is 256 g/mol. The van der Waals surface area contributed by atoms with Gasteiger partial charge in [-0.3, -0.25) is 0 Å². The maximum Gasteiger partial charge on any atom is 0.185 e. The number of rotatable bonds is 6. The Morgan fingerprint density at radius 1 is 1.32 bits per heavy atom. The van der Waals surface area contributed by atoms with Crippen molar-refractivity contribution in [2.24, 2.45) is 0 Å². The summed E-state index contributed by atoms with van der Waals surface area (Å²) in [5.41, 5.74) is 1.18. The van der Waals surface area contributed by atoms with Crippen LogP contribution in [0.3, 0.4) is 0 Å². The molecule has 1 saturated heterocycles. The first-order chi connectivity index (χ1) is 9.22. The zero-order valence-corrected chi connectivity index (χ0v) is 13.2. The molecule has 1 unspecified atom stereocenters. The third-order valence-electron chi connectivity index (χ3n) is 3.87. The van der Waals surface area contributed by atoms with Crippen LogP contribution in [0.4, 0.5) is 5.13 Å². The second-order valence-electron chi connectivity index (χ2n) is 5.23. The van der Waals surface area contributed by atoms with E-state index in [0.717, 1.165) is 45.7 Å². The predicted molar refractivity (Wildman–Crippen MR) is 83.0 cm³/mol. The molecular formula is C14H26N4S. The largest absolute Gasteiger partial charge is 0.346 e. The lowest BCUT2D eigenvalue weighted by atomic mass is 10.2. The number of hydrogen-bond donors (Lipinski definition) is 1. The van der Waals surface area contributed by atoms with E-state index in [-0.39, 0.29) is 0 Å². The SMILES string of the molecule is CCC(C)NCc1csc(N2CCN(CC)CC2)n1. The minimum absolute atomic E-state index is 0.568. The van der Waals surface area contributed by atoms with Crippen LogP contribution in [0.15, 0.2) is 5.38 Å². The van der Waals surface area contributed by atoms with Crippen LogP contribution in [0.2, 0.25) is 0 Å². The molecule has 1 N–H and O–H groups in total. The fraction of sp³-hybridized carbons (Fsp3) is 0.786. The molecule has 0 aromatic carbocycles. The number of piperazine rings is 1. The van der Waals surface area contributed by atoms with Gasteiger partial charge < -0.3 is 15.1 Å². The Morgan fingerprint density at radius 2 is 2.05 bits per heavy atom. The number of thiazole rings is 1. The summed E-state index contributed by atoms with van der Waals surface area (Å²) in [6.07, 6.45) is 1.16. The Labute approximate surface area is 120 Å². The molecule has 0 amide bonds. The summed E-state index contributed by atoms with van der Waals surface area (Å²) in [7, 11) is 0. The molecule has 4 nitrogen and oxygen atoms in total. The van der Waals surface area contributed by atoms with Crippen molar-refractivity contribution in [1.82, 2.24) is 15.2 Å². The molecule has 1 fully saturated rings. The molecule has 0 aliphatic carbocycles. The lowest BCUT2D eigenvalue weighted by Gasteiger charge is -2.33. The molecule has 0 spiro atoms. The van der Waals surface area contributed by atoms with Crippen molar-refractivity contribution in [2.75, 3.05) is 37.6 Å². The van der Waals surface area contributed by atoms with Gasteiger partial charge in [0.2, 0.25) is 0 Å². The first-order valence-corrected chi connectivity index (χ1v) is 8.26. The summed E-state index contributed by atoms with van der Waals surface area (Å²) in [4.78, 5) is 9.67. The van der Waals surface area contributed by atoms with Crippen molar-refractivity contribution in [2.45, 2.75) is 39.8 Å². The first kappa shape index (κ1) is 14.8. The van der Waals surface area contributed by atoms with Gasteiger partial charge in [0.25, 0.3) is 0 Å². The second kappa shape index (κ2) is 7.22. The number of aromatic nitrogens is 1. The van der Waals surface area contributed by atoms with Gasteiger partial charge in [-0.05, 0) is 19.9 Å². The van der Waals surface area contributed by atoms with E-state index >= 15 is 0 Å². The van der Waals surface area contributed by atoms with Gasteiger partial charge in [0, 0.05) is 44.1 Å². The molecule has 1 atom stereocenters. The molecule has 2 rings (SSSR count). The molecule has 5 heteroatoms. The number of likely N-dealkylation sites (N-methyl/N-ethyl adjacent to an activating group) is 1. The van der Waals surface area contributed by atoms with E-state index in [2.05, 4.69) is 41.3 Å². The van der Waals surface area contributed by atoms with E-state index < -0.39 is 0 Å². The fourth-order valence-electron chi connectivity index (χ4n) is 2.20. The van der Waals surface area contributed by atoms with Crippen LogP contribution < -0.4 is 10.2 Å². The summed E-state index contributed by atoms with van der Waals surface area (Å²) in [6.45, 7) is 13.3. The molecule has 1 aliphatic rings. The van der Waals surface area contributed by atoms with E-state index in [0.29, 0.717) is 6.04 Å². The van der Waals surface area contributed by atoms with Gasteiger partial charge in [-0.2, -0.15) is 0 Å². The first-order valence-electron chi connectivity index (χ1n) is 7.38. The molecule has 0 radical (unpaired) electrons. The van der Waals surface area contributed by atoms with Crippen molar-refractivity contribution >= 4 is 16.5 Å². The summed E-state index contributed by atoms with van der Waals surface area (Å²) in [5, 5.41) is 6.88. The third-order valence-corrected chi connectivity index (χ3v) is 4.82. The molecule has 2 heterocycles. The van der Waals surface area contributed by atoms with Crippen LogP contribution in [-0.4, -0.2) is 48.6 Å². The smallest absolute Gasteiger partial charge is 0.185 e. The minimum Gasteiger partial charge on any atom is -0.346 e. The second-order valence-corrected chi connectivity index (χ2v) is 6.07. The van der Waals surface area contributed by atoms with Crippen molar-refractivity contribution in [3.05, 3.63) is 11.1 Å². The highest BCUT2D eigenvalue weighted by atomic mass is 32.1. The van der Waals surface area contributed by atoms with Gasteiger partial charge in [-0.1, -0.05) is 13.8 Å². The molecule has 1 aromatic heterocycles. The van der Waals surface area contributed by atoms with Gasteiger partial charge >= 0.3 is 0 Å². The van der Waals surface area contributed by atoms with Crippen LogP contribution in [0.1, 0.15) is 32.9 Å². The van der Waals surface area contributed by atoms with Gasteiger partial charge in [0.05, 0.1) is 5.69 Å². The number of nitrogens with zero attached hydrogens (tertiary/aromatic N) is 3. The third kappa shape index (κ3) is 4.16. The van der Waals surface area contributed by atoms with Crippen LogP contribution >= 0.6 is 11.3 Å². The molecule has 1 aliphatic heterocycles. The Kier molecular flexibility index (Phi) is 5.60. The average molecular weight is 282 g/mol. The van der Waals surface area contributed by atoms with Gasteiger partial charge in [0.15, 0.2) is 5.13 Å². The molecule has 0 bridgehead atoms. The van der Waals surface area contributed by atoms with E-state index in [4.69, 9.17) is 4.98 Å². The van der Waals surface area contributed by atoms with Crippen molar-refractivity contribution in [1.29, 1.82) is 0 Å². The highest BCUT2D eigenvalue weighted by Gasteiger charge is 2.18. The topological polar surface area (TPSA) is 31.4 Å². The van der Waals surface area contributed by atoms with Crippen LogP contribution in [0.25, 0.3) is 0 Å². The monoisotopic (exact) mass is 282 g/mol. The van der Waals surface area contributed by atoms with Crippen LogP contribution in [-0.2, 0) is 6.54 Å². The Hall–Kier alpha value is -0.650. The van der Waals surface area contributed by atoms with Crippen LogP contribution in [0, 0.1) is 0 Å². The Morgan fingerprint density at radius 3 is 2.68 bits per heavy atom. The zero-order chi connectivity index (χ0) is 13.7. The standard InChI is InChI=1S/C14H26N4S/c1-4-12(3)15-10-13-11-19-14(16-13)18-8-6-17(5-2)7-9-18/h11-12,15H,4-10H2,1-3H3. The number of anilines is 1. The van der Waals surface area contributed by atoms with E-state index in [9.17, 15) is 0 Å². The van der Waals surface area contributed by atoms with E-state index in [1.165, 1.54) is 10.8 Å². The quantitative estimate of drug-likeness (QED) is 0.866. The summed E-state index contributed by atoms with van der Waals surface area (Å²) < 4.78 is 0. The molecule has 108 valence electrons. The summed E-state index contributed by atoms with van der Waals surface area (Å²) >= 11 is 1.78. The van der Waals surface area contributed by atoms with Gasteiger partial charge in [0.1, 0.15) is 0 Å². The highest BCUT2D eigenvalue weighted by Crippen LogP contribution is 2.21. The molecule has 1 aromatic rings. The summed E-state index contributed by atoms with van der Waals surface area (Å²) in [6, 6.07) is 0.568. The lowest BCUT2D eigenvalue weighted by molar-refractivity contribution is 0.271. The van der Waals surface area contributed by atoms with Gasteiger partial charge in [-0.25, -0.2) is 4.98 Å². The molecule has 0 saturated carbocycles. The number of hydrogen-bond acceptors (Lipinski definition) is 5. The maximum atomic E-state index is 4.75. The number of nitrogens with one attached hydrogen (secondary N) is 1. The molecule has 19 heavy (non-hydrogen) atoms. The summed E-state index contributed by atoms with van der Waals surface area (Å²) in [5.74, 6) is 0. The Balaban J connectivity index is 1.83. The van der Waals surface area contributed by atoms with Crippen LogP contribution in [0.5, 0.6) is 0 Å². The van der Waals surface area contributed by atoms with Crippen molar-refractivity contribution in [3.8, 4) is 0 Å². The lowest BCUT2D eigenvalue weighted by Crippen LogP contribution is -2.46. The van der Waals surface area contributed by atoms with Gasteiger partial charge in [-0.15, -0.1) is 11.3 Å².